The second-order valence-corrected chi connectivity index (χ2v) is 4.87. The average Bonchev–Trinajstić information content (AvgIpc) is 2.84. The van der Waals surface area contributed by atoms with Crippen molar-refractivity contribution in [1.29, 1.82) is 0 Å². The van der Waals surface area contributed by atoms with Crippen LogP contribution in [0.4, 0.5) is 5.82 Å². The second-order valence-electron chi connectivity index (χ2n) is 4.43. The molecule has 19 heavy (non-hydrogen) atoms. The third kappa shape index (κ3) is 2.76. The maximum atomic E-state index is 5.74. The summed E-state index contributed by atoms with van der Waals surface area (Å²) in [6.07, 6.45) is 4.55. The normalized spacial score (nSPS) is 10.7. The summed E-state index contributed by atoms with van der Waals surface area (Å²) in [7, 11) is 3.86. The van der Waals surface area contributed by atoms with Gasteiger partial charge in [0.15, 0.2) is 0 Å². The van der Waals surface area contributed by atoms with Gasteiger partial charge in [-0.05, 0) is 6.92 Å². The van der Waals surface area contributed by atoms with E-state index in [0.29, 0.717) is 4.99 Å². The van der Waals surface area contributed by atoms with Crippen LogP contribution in [0.1, 0.15) is 17.1 Å². The summed E-state index contributed by atoms with van der Waals surface area (Å²) in [6, 6.07) is 0. The van der Waals surface area contributed by atoms with Crippen LogP contribution in [0, 0.1) is 6.92 Å². The topological polar surface area (TPSA) is 73.7 Å². The molecule has 0 aromatic carbocycles. The minimum atomic E-state index is 0.366. The van der Waals surface area contributed by atoms with E-state index in [0.717, 1.165) is 35.9 Å². The third-order valence-electron chi connectivity index (χ3n) is 3.03. The van der Waals surface area contributed by atoms with E-state index in [2.05, 4.69) is 15.4 Å². The van der Waals surface area contributed by atoms with Gasteiger partial charge >= 0.3 is 0 Å². The predicted molar refractivity (Wildman–Crippen MR) is 79.2 cm³/mol. The molecule has 0 atom stereocenters. The van der Waals surface area contributed by atoms with Crippen molar-refractivity contribution in [2.45, 2.75) is 13.3 Å². The summed E-state index contributed by atoms with van der Waals surface area (Å²) in [6.45, 7) is 2.65. The molecule has 102 valence electrons. The molecule has 0 amide bonds. The van der Waals surface area contributed by atoms with Gasteiger partial charge in [0.1, 0.15) is 16.6 Å². The zero-order valence-electron chi connectivity index (χ0n) is 11.3. The number of aryl methyl sites for hydroxylation is 3. The lowest BCUT2D eigenvalue weighted by molar-refractivity contribution is 0.747. The monoisotopic (exact) mass is 278 g/mol. The summed E-state index contributed by atoms with van der Waals surface area (Å²) in [5.41, 5.74) is 7.40. The molecule has 0 aliphatic carbocycles. The lowest BCUT2D eigenvalue weighted by Crippen LogP contribution is -2.16. The summed E-state index contributed by atoms with van der Waals surface area (Å²) in [5.74, 6) is 1.89. The number of nitrogens with two attached hydrogens (primary N) is 1. The highest BCUT2D eigenvalue weighted by molar-refractivity contribution is 7.80. The van der Waals surface area contributed by atoms with Crippen LogP contribution in [-0.2, 0) is 20.5 Å². The van der Waals surface area contributed by atoms with Crippen LogP contribution in [0.3, 0.4) is 0 Å². The van der Waals surface area contributed by atoms with Crippen molar-refractivity contribution in [3.8, 4) is 0 Å². The smallest absolute Gasteiger partial charge is 0.134 e. The average molecular weight is 278 g/mol. The molecular weight excluding hydrogens is 260 g/mol. The van der Waals surface area contributed by atoms with Gasteiger partial charge < -0.3 is 15.6 Å². The fourth-order valence-corrected chi connectivity index (χ4v) is 2.33. The number of hydrogen-bond donors (Lipinski definition) is 2. The van der Waals surface area contributed by atoms with Crippen LogP contribution >= 0.6 is 12.2 Å². The lowest BCUT2D eigenvalue weighted by Gasteiger charge is -2.09. The Morgan fingerprint density at radius 3 is 2.79 bits per heavy atom. The summed E-state index contributed by atoms with van der Waals surface area (Å²) < 4.78 is 3.77. The van der Waals surface area contributed by atoms with E-state index < -0.39 is 0 Å². The van der Waals surface area contributed by atoms with Crippen molar-refractivity contribution >= 4 is 23.0 Å². The van der Waals surface area contributed by atoms with E-state index in [-0.39, 0.29) is 0 Å². The quantitative estimate of drug-likeness (QED) is 0.790. The van der Waals surface area contributed by atoms with Gasteiger partial charge in [0.05, 0.1) is 11.3 Å². The molecule has 6 nitrogen and oxygen atoms in total. The van der Waals surface area contributed by atoms with Gasteiger partial charge in [0, 0.05) is 39.5 Å². The number of nitrogens with one attached hydrogen (secondary N) is 1. The van der Waals surface area contributed by atoms with Crippen molar-refractivity contribution in [2.75, 3.05) is 11.9 Å². The lowest BCUT2D eigenvalue weighted by atomic mass is 10.2. The van der Waals surface area contributed by atoms with Gasteiger partial charge in [-0.3, -0.25) is 4.68 Å². The first kappa shape index (κ1) is 13.5. The molecule has 2 aromatic rings. The number of hydrogen-bond acceptors (Lipinski definition) is 4. The van der Waals surface area contributed by atoms with E-state index in [1.54, 1.807) is 10.9 Å². The SMILES string of the molecule is Cc1nn(C)c(NCCc2nccn2C)c1C(N)=S. The number of anilines is 1. The van der Waals surface area contributed by atoms with Crippen molar-refractivity contribution in [2.24, 2.45) is 19.8 Å². The molecular formula is C12H18N6S. The summed E-state index contributed by atoms with van der Waals surface area (Å²) >= 11 is 5.07. The van der Waals surface area contributed by atoms with Crippen LogP contribution in [-0.4, -0.2) is 30.9 Å². The van der Waals surface area contributed by atoms with Crippen LogP contribution in [0.5, 0.6) is 0 Å². The summed E-state index contributed by atoms with van der Waals surface area (Å²) in [5, 5.41) is 7.66. The Labute approximate surface area is 117 Å². The Morgan fingerprint density at radius 1 is 1.47 bits per heavy atom. The Morgan fingerprint density at radius 2 is 2.21 bits per heavy atom. The van der Waals surface area contributed by atoms with Gasteiger partial charge in [0.25, 0.3) is 0 Å². The van der Waals surface area contributed by atoms with Crippen molar-refractivity contribution in [3.63, 3.8) is 0 Å². The van der Waals surface area contributed by atoms with Crippen LogP contribution in [0.15, 0.2) is 12.4 Å². The molecule has 3 N–H and O–H groups in total. The van der Waals surface area contributed by atoms with Crippen LogP contribution in [0.25, 0.3) is 0 Å². The largest absolute Gasteiger partial charge is 0.389 e. The molecule has 0 radical (unpaired) electrons. The van der Waals surface area contributed by atoms with Gasteiger partial charge in [-0.2, -0.15) is 5.10 Å². The van der Waals surface area contributed by atoms with Crippen LogP contribution < -0.4 is 11.1 Å². The van der Waals surface area contributed by atoms with E-state index in [1.807, 2.05) is 31.8 Å². The highest BCUT2D eigenvalue weighted by Gasteiger charge is 2.15. The number of imidazole rings is 1. The van der Waals surface area contributed by atoms with Gasteiger partial charge in [0.2, 0.25) is 0 Å². The van der Waals surface area contributed by atoms with Crippen molar-refractivity contribution in [3.05, 3.63) is 29.5 Å². The Kier molecular flexibility index (Phi) is 3.84. The highest BCUT2D eigenvalue weighted by Crippen LogP contribution is 2.18. The first-order valence-electron chi connectivity index (χ1n) is 6.04. The molecule has 2 aromatic heterocycles. The molecule has 2 heterocycles. The summed E-state index contributed by atoms with van der Waals surface area (Å²) in [4.78, 5) is 4.65. The van der Waals surface area contributed by atoms with Gasteiger partial charge in [-0.15, -0.1) is 0 Å². The third-order valence-corrected chi connectivity index (χ3v) is 3.23. The molecule has 0 aliphatic rings. The van der Waals surface area contributed by atoms with E-state index >= 15 is 0 Å². The molecule has 0 spiro atoms. The minimum absolute atomic E-state index is 0.366. The molecule has 0 fully saturated rings. The first-order valence-corrected chi connectivity index (χ1v) is 6.45. The van der Waals surface area contributed by atoms with E-state index in [1.165, 1.54) is 0 Å². The Hall–Kier alpha value is -1.89. The number of rotatable bonds is 5. The maximum Gasteiger partial charge on any atom is 0.134 e. The number of aromatic nitrogens is 4. The minimum Gasteiger partial charge on any atom is -0.389 e. The van der Waals surface area contributed by atoms with Crippen LogP contribution in [0.2, 0.25) is 0 Å². The highest BCUT2D eigenvalue weighted by atomic mass is 32.1. The Balaban J connectivity index is 2.08. The number of nitrogens with zero attached hydrogens (tertiary/aromatic N) is 4. The maximum absolute atomic E-state index is 5.74. The van der Waals surface area contributed by atoms with E-state index in [4.69, 9.17) is 18.0 Å². The fraction of sp³-hybridized carbons (Fsp3) is 0.417. The van der Waals surface area contributed by atoms with Crippen molar-refractivity contribution in [1.82, 2.24) is 19.3 Å². The van der Waals surface area contributed by atoms with Gasteiger partial charge in [-0.1, -0.05) is 12.2 Å². The van der Waals surface area contributed by atoms with Crippen molar-refractivity contribution < 1.29 is 0 Å². The molecule has 0 saturated heterocycles. The predicted octanol–water partition coefficient (Wildman–Crippen LogP) is 0.751. The fourth-order valence-electron chi connectivity index (χ4n) is 2.09. The Bertz CT molecular complexity index is 597. The molecule has 0 saturated carbocycles. The molecule has 0 bridgehead atoms. The molecule has 7 heteroatoms. The standard InChI is InChI=1S/C12H18N6S/c1-8-10(11(13)19)12(18(3)16-8)15-5-4-9-14-6-7-17(9)2/h6-7,15H,4-5H2,1-3H3,(H2,13,19). The zero-order valence-corrected chi connectivity index (χ0v) is 12.2. The molecule has 0 unspecified atom stereocenters. The second kappa shape index (κ2) is 5.40. The van der Waals surface area contributed by atoms with Gasteiger partial charge in [-0.25, -0.2) is 4.98 Å². The van der Waals surface area contributed by atoms with E-state index in [9.17, 15) is 0 Å². The number of thiocarbonyl (C=S) groups is 1. The molecule has 0 aliphatic heterocycles. The first-order chi connectivity index (χ1) is 9.00. The molecule has 2 rings (SSSR count). The zero-order chi connectivity index (χ0) is 14.0.